The number of methoxy groups -OCH3 is 1. The molecule has 1 amide bonds. The van der Waals surface area contributed by atoms with E-state index in [1.807, 2.05) is 42.2 Å². The number of carbonyl (C=O) groups excluding carboxylic acids is 1. The van der Waals surface area contributed by atoms with E-state index in [4.69, 9.17) is 14.2 Å². The molecule has 0 bridgehead atoms. The average molecular weight is 487 g/mol. The quantitative estimate of drug-likeness (QED) is 0.571. The molecule has 3 atom stereocenters. The summed E-state index contributed by atoms with van der Waals surface area (Å²) in [7, 11) is 1.66. The molecule has 3 aliphatic rings. The molecule has 0 aliphatic carbocycles. The monoisotopic (exact) mass is 486 g/mol. The highest BCUT2D eigenvalue weighted by molar-refractivity contribution is 5.92. The fourth-order valence-corrected chi connectivity index (χ4v) is 5.84. The van der Waals surface area contributed by atoms with Crippen molar-refractivity contribution in [2.24, 2.45) is 5.92 Å². The highest BCUT2D eigenvalue weighted by Crippen LogP contribution is 2.40. The van der Waals surface area contributed by atoms with Gasteiger partial charge in [0.25, 0.3) is 5.91 Å². The van der Waals surface area contributed by atoms with Gasteiger partial charge in [-0.05, 0) is 82.3 Å². The number of carbonyl (C=O) groups is 1. The molecule has 0 radical (unpaired) electrons. The number of aliphatic hydroxyl groups excluding tert-OH is 1. The third kappa shape index (κ3) is 6.38. The summed E-state index contributed by atoms with van der Waals surface area (Å²) in [4.78, 5) is 18.2. The van der Waals surface area contributed by atoms with Crippen LogP contribution >= 0.6 is 0 Å². The van der Waals surface area contributed by atoms with E-state index >= 15 is 0 Å². The molecule has 4 rings (SSSR count). The van der Waals surface area contributed by atoms with Gasteiger partial charge in [0.15, 0.2) is 5.76 Å². The van der Waals surface area contributed by atoms with Crippen molar-refractivity contribution >= 4 is 5.91 Å². The van der Waals surface area contributed by atoms with Crippen LogP contribution < -0.4 is 4.74 Å². The lowest BCUT2D eigenvalue weighted by atomic mass is 9.80. The van der Waals surface area contributed by atoms with Gasteiger partial charge in [-0.2, -0.15) is 0 Å². The number of piperidine rings is 2. The molecule has 3 aliphatic heterocycles. The molecule has 0 spiro atoms. The normalized spacial score (nSPS) is 26.2. The van der Waals surface area contributed by atoms with Crippen LogP contribution in [0, 0.1) is 5.92 Å². The Kier molecular flexibility index (Phi) is 9.46. The minimum Gasteiger partial charge on any atom is -0.497 e. The molecule has 2 fully saturated rings. The lowest BCUT2D eigenvalue weighted by Gasteiger charge is -2.41. The molecule has 7 heteroatoms. The van der Waals surface area contributed by atoms with E-state index in [0.717, 1.165) is 43.7 Å². The lowest BCUT2D eigenvalue weighted by Crippen LogP contribution is -2.49. The van der Waals surface area contributed by atoms with Gasteiger partial charge in [0.2, 0.25) is 6.29 Å². The standard InChI is InChI=1S/C28H42N2O5/c1-3-34-28-24(8-7-19-31)25(21-9-11-23(33-2)12-10-21)20-26(35-28)27(32)30-17-13-22(14-18-30)29-15-5-4-6-16-29/h9-12,20,22,24-25,28,31H,3-8,13-19H2,1-2H3/t24-,25+,28+/m0/s1. The van der Waals surface area contributed by atoms with Crippen LogP contribution in [0.4, 0.5) is 0 Å². The van der Waals surface area contributed by atoms with Gasteiger partial charge >= 0.3 is 0 Å². The van der Waals surface area contributed by atoms with Crippen molar-refractivity contribution in [3.63, 3.8) is 0 Å². The van der Waals surface area contributed by atoms with E-state index in [0.29, 0.717) is 24.8 Å². The van der Waals surface area contributed by atoms with Crippen molar-refractivity contribution < 1.29 is 24.1 Å². The van der Waals surface area contributed by atoms with Gasteiger partial charge in [-0.25, -0.2) is 0 Å². The van der Waals surface area contributed by atoms with Crippen LogP contribution in [-0.4, -0.2) is 79.6 Å². The Labute approximate surface area is 210 Å². The maximum atomic E-state index is 13.6. The van der Waals surface area contributed by atoms with Gasteiger partial charge in [-0.3, -0.25) is 4.79 Å². The number of allylic oxidation sites excluding steroid dienone is 1. The average Bonchev–Trinajstić information content (AvgIpc) is 2.92. The van der Waals surface area contributed by atoms with Crippen molar-refractivity contribution in [1.29, 1.82) is 0 Å². The number of hydrogen-bond donors (Lipinski definition) is 1. The summed E-state index contributed by atoms with van der Waals surface area (Å²) < 4.78 is 17.6. The van der Waals surface area contributed by atoms with Crippen molar-refractivity contribution in [3.05, 3.63) is 41.7 Å². The topological polar surface area (TPSA) is 71.5 Å². The first-order valence-electron chi connectivity index (χ1n) is 13.4. The number of hydrogen-bond acceptors (Lipinski definition) is 6. The third-order valence-corrected chi connectivity index (χ3v) is 7.78. The zero-order valence-corrected chi connectivity index (χ0v) is 21.4. The van der Waals surface area contributed by atoms with Crippen LogP contribution in [-0.2, 0) is 14.3 Å². The Morgan fingerprint density at radius 2 is 1.80 bits per heavy atom. The van der Waals surface area contributed by atoms with Gasteiger partial charge in [0.05, 0.1) is 7.11 Å². The number of amides is 1. The number of nitrogens with zero attached hydrogens (tertiary/aromatic N) is 2. The van der Waals surface area contributed by atoms with Crippen molar-refractivity contribution in [2.45, 2.75) is 70.1 Å². The molecule has 2 saturated heterocycles. The minimum absolute atomic E-state index is 0.0110. The number of rotatable bonds is 9. The number of aliphatic hydroxyl groups is 1. The molecule has 7 nitrogen and oxygen atoms in total. The Morgan fingerprint density at radius 1 is 1.09 bits per heavy atom. The van der Waals surface area contributed by atoms with Gasteiger partial charge in [-0.1, -0.05) is 18.6 Å². The summed E-state index contributed by atoms with van der Waals surface area (Å²) in [5, 5.41) is 9.49. The van der Waals surface area contributed by atoms with Gasteiger partial charge in [0.1, 0.15) is 5.75 Å². The second-order valence-corrected chi connectivity index (χ2v) is 9.92. The first-order chi connectivity index (χ1) is 17.1. The lowest BCUT2D eigenvalue weighted by molar-refractivity contribution is -0.171. The predicted octanol–water partition coefficient (Wildman–Crippen LogP) is 3.92. The van der Waals surface area contributed by atoms with Crippen LogP contribution in [0.1, 0.15) is 63.4 Å². The Hall–Kier alpha value is -2.09. The molecule has 0 saturated carbocycles. The Bertz CT molecular complexity index is 828. The highest BCUT2D eigenvalue weighted by Gasteiger charge is 2.39. The van der Waals surface area contributed by atoms with Gasteiger partial charge in [0, 0.05) is 44.2 Å². The van der Waals surface area contributed by atoms with E-state index in [-0.39, 0.29) is 24.3 Å². The number of likely N-dealkylation sites (tertiary alicyclic amines) is 2. The molecule has 0 aromatic heterocycles. The predicted molar refractivity (Wildman–Crippen MR) is 135 cm³/mol. The van der Waals surface area contributed by atoms with E-state index in [9.17, 15) is 9.90 Å². The zero-order valence-electron chi connectivity index (χ0n) is 21.4. The van der Waals surface area contributed by atoms with Gasteiger partial charge in [-0.15, -0.1) is 0 Å². The maximum absolute atomic E-state index is 13.6. The highest BCUT2D eigenvalue weighted by atomic mass is 16.7. The summed E-state index contributed by atoms with van der Waals surface area (Å²) in [5.41, 5.74) is 1.09. The van der Waals surface area contributed by atoms with Crippen molar-refractivity contribution in [3.8, 4) is 5.75 Å². The fourth-order valence-electron chi connectivity index (χ4n) is 5.84. The molecule has 1 aromatic carbocycles. The molecular weight excluding hydrogens is 444 g/mol. The summed E-state index contributed by atoms with van der Waals surface area (Å²) >= 11 is 0. The van der Waals surface area contributed by atoms with Crippen LogP contribution in [0.25, 0.3) is 0 Å². The van der Waals surface area contributed by atoms with Gasteiger partial charge < -0.3 is 29.1 Å². The minimum atomic E-state index is -0.520. The third-order valence-electron chi connectivity index (χ3n) is 7.78. The summed E-state index contributed by atoms with van der Waals surface area (Å²) in [6.07, 6.45) is 8.85. The number of ether oxygens (including phenoxy) is 3. The van der Waals surface area contributed by atoms with E-state index < -0.39 is 6.29 Å². The molecule has 35 heavy (non-hydrogen) atoms. The molecule has 1 N–H and O–H groups in total. The van der Waals surface area contributed by atoms with E-state index in [1.54, 1.807) is 7.11 Å². The SMILES string of the molecule is CCO[C@@H]1OC(C(=O)N2CCC(N3CCCCC3)CC2)=C[C@H](c2ccc(OC)cc2)[C@@H]1CCCO. The fraction of sp³-hybridized carbons (Fsp3) is 0.679. The van der Waals surface area contributed by atoms with E-state index in [2.05, 4.69) is 4.90 Å². The largest absolute Gasteiger partial charge is 0.497 e. The second-order valence-electron chi connectivity index (χ2n) is 9.92. The smallest absolute Gasteiger partial charge is 0.288 e. The molecule has 1 aromatic rings. The summed E-state index contributed by atoms with van der Waals surface area (Å²) in [6.45, 7) is 6.48. The Morgan fingerprint density at radius 3 is 2.43 bits per heavy atom. The molecule has 0 unspecified atom stereocenters. The first-order valence-corrected chi connectivity index (χ1v) is 13.4. The molecule has 3 heterocycles. The molecular formula is C28H42N2O5. The maximum Gasteiger partial charge on any atom is 0.288 e. The zero-order chi connectivity index (χ0) is 24.6. The summed E-state index contributed by atoms with van der Waals surface area (Å²) in [6, 6.07) is 8.58. The summed E-state index contributed by atoms with van der Waals surface area (Å²) in [5.74, 6) is 1.12. The van der Waals surface area contributed by atoms with E-state index in [1.165, 1.54) is 32.4 Å². The Balaban J connectivity index is 1.51. The van der Waals surface area contributed by atoms with Crippen LogP contribution in [0.3, 0.4) is 0 Å². The van der Waals surface area contributed by atoms with Crippen molar-refractivity contribution in [2.75, 3.05) is 46.5 Å². The molecule has 194 valence electrons. The van der Waals surface area contributed by atoms with Crippen molar-refractivity contribution in [1.82, 2.24) is 9.80 Å². The van der Waals surface area contributed by atoms with Crippen LogP contribution in [0.5, 0.6) is 5.75 Å². The second kappa shape index (κ2) is 12.7. The number of benzene rings is 1. The van der Waals surface area contributed by atoms with Crippen LogP contribution in [0.2, 0.25) is 0 Å². The van der Waals surface area contributed by atoms with Crippen LogP contribution in [0.15, 0.2) is 36.1 Å². The first kappa shape index (κ1) is 26.0.